The molecule has 1 aliphatic carbocycles. The lowest BCUT2D eigenvalue weighted by Gasteiger charge is -2.21. The van der Waals surface area contributed by atoms with Crippen LogP contribution in [0.15, 0.2) is 12.3 Å². The molecule has 100 valence electrons. The predicted octanol–water partition coefficient (Wildman–Crippen LogP) is 2.24. The monoisotopic (exact) mass is 249 g/mol. The number of aromatic nitrogens is 2. The number of nitrogens with zero attached hydrogens (tertiary/aromatic N) is 2. The normalized spacial score (nSPS) is 16.9. The molecule has 0 bridgehead atoms. The van der Waals surface area contributed by atoms with Crippen LogP contribution in [0.25, 0.3) is 0 Å². The van der Waals surface area contributed by atoms with E-state index in [0.29, 0.717) is 25.4 Å². The Labute approximate surface area is 109 Å². The van der Waals surface area contributed by atoms with Gasteiger partial charge in [0.15, 0.2) is 0 Å². The van der Waals surface area contributed by atoms with Crippen LogP contribution in [0.1, 0.15) is 56.7 Å². The number of carbonyl (C=O) groups is 1. The van der Waals surface area contributed by atoms with Gasteiger partial charge in [-0.1, -0.05) is 19.3 Å². The maximum Gasteiger partial charge on any atom is 0.138 e. The van der Waals surface area contributed by atoms with Gasteiger partial charge in [0.05, 0.1) is 18.2 Å². The van der Waals surface area contributed by atoms with E-state index < -0.39 is 0 Å². The van der Waals surface area contributed by atoms with Gasteiger partial charge in [-0.25, -0.2) is 0 Å². The summed E-state index contributed by atoms with van der Waals surface area (Å²) in [6.07, 6.45) is 10.2. The van der Waals surface area contributed by atoms with Gasteiger partial charge in [-0.15, -0.1) is 0 Å². The van der Waals surface area contributed by atoms with Crippen molar-refractivity contribution in [3.05, 3.63) is 18.0 Å². The third kappa shape index (κ3) is 3.67. The molecule has 0 unspecified atom stereocenters. The average Bonchev–Trinajstić information content (AvgIpc) is 2.86. The molecule has 0 saturated heterocycles. The molecule has 2 N–H and O–H groups in total. The second-order valence-corrected chi connectivity index (χ2v) is 5.19. The molecule has 1 saturated carbocycles. The summed E-state index contributed by atoms with van der Waals surface area (Å²) in [4.78, 5) is 11.7. The summed E-state index contributed by atoms with van der Waals surface area (Å²) < 4.78 is 2.06. The van der Waals surface area contributed by atoms with Crippen LogP contribution in [0.4, 0.5) is 0 Å². The van der Waals surface area contributed by atoms with Crippen molar-refractivity contribution in [3.63, 3.8) is 0 Å². The molecule has 0 aromatic carbocycles. The molecule has 0 atom stereocenters. The summed E-state index contributed by atoms with van der Waals surface area (Å²) in [7, 11) is 0. The Balaban J connectivity index is 1.87. The van der Waals surface area contributed by atoms with Crippen molar-refractivity contribution >= 4 is 5.78 Å². The van der Waals surface area contributed by atoms with Crippen LogP contribution in [0, 0.1) is 0 Å². The van der Waals surface area contributed by atoms with Crippen LogP contribution in [0.5, 0.6) is 0 Å². The first-order chi connectivity index (χ1) is 8.79. The summed E-state index contributed by atoms with van der Waals surface area (Å²) in [6.45, 7) is 0.586. The van der Waals surface area contributed by atoms with E-state index in [1.54, 1.807) is 0 Å². The van der Waals surface area contributed by atoms with Gasteiger partial charge >= 0.3 is 0 Å². The Kier molecular flexibility index (Phi) is 4.93. The van der Waals surface area contributed by atoms with E-state index >= 15 is 0 Å². The summed E-state index contributed by atoms with van der Waals surface area (Å²) in [6, 6.07) is 2.53. The van der Waals surface area contributed by atoms with Crippen molar-refractivity contribution in [2.24, 2.45) is 5.73 Å². The molecule has 0 radical (unpaired) electrons. The Morgan fingerprint density at radius 2 is 2.17 bits per heavy atom. The first kappa shape index (κ1) is 13.3. The van der Waals surface area contributed by atoms with Crippen LogP contribution >= 0.6 is 0 Å². The van der Waals surface area contributed by atoms with Crippen molar-refractivity contribution in [1.29, 1.82) is 0 Å². The highest BCUT2D eigenvalue weighted by Crippen LogP contribution is 2.27. The average molecular weight is 249 g/mol. The van der Waals surface area contributed by atoms with Gasteiger partial charge < -0.3 is 5.73 Å². The highest BCUT2D eigenvalue weighted by atomic mass is 16.1. The van der Waals surface area contributed by atoms with E-state index in [-0.39, 0.29) is 5.78 Å². The van der Waals surface area contributed by atoms with Gasteiger partial charge in [-0.05, 0) is 31.9 Å². The molecule has 1 aliphatic rings. The van der Waals surface area contributed by atoms with Crippen molar-refractivity contribution in [1.82, 2.24) is 9.78 Å². The molecule has 18 heavy (non-hydrogen) atoms. The van der Waals surface area contributed by atoms with Gasteiger partial charge in [0, 0.05) is 12.6 Å². The van der Waals surface area contributed by atoms with Gasteiger partial charge in [-0.2, -0.15) is 5.10 Å². The van der Waals surface area contributed by atoms with Gasteiger partial charge in [0.1, 0.15) is 5.78 Å². The van der Waals surface area contributed by atoms with Crippen LogP contribution in [0.2, 0.25) is 0 Å². The van der Waals surface area contributed by atoms with E-state index in [1.807, 2.05) is 12.3 Å². The Morgan fingerprint density at radius 1 is 1.39 bits per heavy atom. The van der Waals surface area contributed by atoms with Crippen LogP contribution in [0.3, 0.4) is 0 Å². The molecule has 1 aromatic rings. The Bertz CT molecular complexity index is 380. The maximum absolute atomic E-state index is 11.7. The third-order valence-corrected chi connectivity index (χ3v) is 3.65. The smallest absolute Gasteiger partial charge is 0.138 e. The molecule has 0 aliphatic heterocycles. The SMILES string of the molecule is NCCCC(=O)Cc1ccn(C2CCCCC2)n1. The Morgan fingerprint density at radius 3 is 2.89 bits per heavy atom. The highest BCUT2D eigenvalue weighted by Gasteiger charge is 2.16. The fraction of sp³-hybridized carbons (Fsp3) is 0.714. The summed E-state index contributed by atoms with van der Waals surface area (Å²) >= 11 is 0. The van der Waals surface area contributed by atoms with Crippen molar-refractivity contribution < 1.29 is 4.79 Å². The number of hydrogen-bond acceptors (Lipinski definition) is 3. The predicted molar refractivity (Wildman–Crippen MR) is 71.3 cm³/mol. The largest absolute Gasteiger partial charge is 0.330 e. The van der Waals surface area contributed by atoms with E-state index in [1.165, 1.54) is 32.1 Å². The van der Waals surface area contributed by atoms with E-state index in [0.717, 1.165) is 12.1 Å². The van der Waals surface area contributed by atoms with Crippen molar-refractivity contribution in [2.75, 3.05) is 6.54 Å². The zero-order chi connectivity index (χ0) is 12.8. The molecule has 2 rings (SSSR count). The first-order valence-corrected chi connectivity index (χ1v) is 7.05. The fourth-order valence-electron chi connectivity index (χ4n) is 2.61. The van der Waals surface area contributed by atoms with Gasteiger partial charge in [0.25, 0.3) is 0 Å². The van der Waals surface area contributed by atoms with E-state index in [2.05, 4.69) is 9.78 Å². The Hall–Kier alpha value is -1.16. The molecule has 1 aromatic heterocycles. The number of rotatable bonds is 6. The summed E-state index contributed by atoms with van der Waals surface area (Å²) in [5, 5.41) is 4.55. The number of Topliss-reactive ketones (excluding diaryl/α,β-unsaturated/α-hetero) is 1. The topological polar surface area (TPSA) is 60.9 Å². The lowest BCUT2D eigenvalue weighted by Crippen LogP contribution is -2.14. The number of ketones is 1. The molecule has 4 nitrogen and oxygen atoms in total. The minimum Gasteiger partial charge on any atom is -0.330 e. The number of nitrogens with two attached hydrogens (primary N) is 1. The quantitative estimate of drug-likeness (QED) is 0.841. The number of hydrogen-bond donors (Lipinski definition) is 1. The first-order valence-electron chi connectivity index (χ1n) is 7.05. The zero-order valence-corrected chi connectivity index (χ0v) is 11.0. The van der Waals surface area contributed by atoms with E-state index in [9.17, 15) is 4.79 Å². The van der Waals surface area contributed by atoms with Crippen LogP contribution in [-0.4, -0.2) is 22.1 Å². The molecule has 0 amide bonds. The standard InChI is InChI=1S/C14H23N3O/c15-9-4-7-14(18)11-12-8-10-17(16-12)13-5-2-1-3-6-13/h8,10,13H,1-7,9,11,15H2. The van der Waals surface area contributed by atoms with Crippen molar-refractivity contribution in [3.8, 4) is 0 Å². The van der Waals surface area contributed by atoms with Crippen LogP contribution < -0.4 is 5.73 Å². The summed E-state index contributed by atoms with van der Waals surface area (Å²) in [5.41, 5.74) is 6.31. The maximum atomic E-state index is 11.7. The molecule has 0 spiro atoms. The minimum absolute atomic E-state index is 0.245. The van der Waals surface area contributed by atoms with E-state index in [4.69, 9.17) is 5.73 Å². The summed E-state index contributed by atoms with van der Waals surface area (Å²) in [5.74, 6) is 0.245. The lowest BCUT2D eigenvalue weighted by atomic mass is 9.96. The fourth-order valence-corrected chi connectivity index (χ4v) is 2.61. The van der Waals surface area contributed by atoms with Gasteiger partial charge in [0.2, 0.25) is 0 Å². The van der Waals surface area contributed by atoms with Crippen LogP contribution in [-0.2, 0) is 11.2 Å². The van der Waals surface area contributed by atoms with Crippen molar-refractivity contribution in [2.45, 2.75) is 57.4 Å². The number of carbonyl (C=O) groups excluding carboxylic acids is 1. The highest BCUT2D eigenvalue weighted by molar-refractivity contribution is 5.80. The third-order valence-electron chi connectivity index (χ3n) is 3.65. The lowest BCUT2D eigenvalue weighted by molar-refractivity contribution is -0.118. The molecule has 1 heterocycles. The second kappa shape index (κ2) is 6.69. The van der Waals surface area contributed by atoms with Gasteiger partial charge in [-0.3, -0.25) is 9.48 Å². The molecule has 4 heteroatoms. The molecular formula is C14H23N3O. The minimum atomic E-state index is 0.245. The molecular weight excluding hydrogens is 226 g/mol. The zero-order valence-electron chi connectivity index (χ0n) is 11.0. The second-order valence-electron chi connectivity index (χ2n) is 5.19. The molecule has 1 fully saturated rings.